The van der Waals surface area contributed by atoms with Crippen LogP contribution >= 0.6 is 0 Å². The van der Waals surface area contributed by atoms with Gasteiger partial charge in [-0.3, -0.25) is 9.69 Å². The van der Waals surface area contributed by atoms with E-state index in [4.69, 9.17) is 9.15 Å². The van der Waals surface area contributed by atoms with Gasteiger partial charge in [-0.15, -0.1) is 0 Å². The van der Waals surface area contributed by atoms with E-state index in [0.29, 0.717) is 12.1 Å². The number of rotatable bonds is 6. The Kier molecular flexibility index (Phi) is 4.58. The average molecular weight is 273 g/mol. The molecule has 1 atom stereocenters. The molecule has 0 aliphatic carbocycles. The van der Waals surface area contributed by atoms with Gasteiger partial charge in [-0.2, -0.15) is 0 Å². The lowest BCUT2D eigenvalue weighted by Gasteiger charge is -2.22. The van der Waals surface area contributed by atoms with Crippen molar-refractivity contribution in [1.29, 1.82) is 0 Å². The Hall–Kier alpha value is -2.07. The predicted octanol–water partition coefficient (Wildman–Crippen LogP) is 2.99. The molecule has 0 saturated carbocycles. The second-order valence-electron chi connectivity index (χ2n) is 4.76. The van der Waals surface area contributed by atoms with Crippen molar-refractivity contribution in [2.45, 2.75) is 19.5 Å². The number of methoxy groups -OCH3 is 1. The van der Waals surface area contributed by atoms with Gasteiger partial charge in [-0.05, 0) is 50.4 Å². The molecule has 1 heterocycles. The van der Waals surface area contributed by atoms with Crippen LogP contribution in [0.1, 0.15) is 23.0 Å². The summed E-state index contributed by atoms with van der Waals surface area (Å²) in [6, 6.07) is 10.7. The van der Waals surface area contributed by atoms with Crippen LogP contribution in [0.2, 0.25) is 0 Å². The smallest absolute Gasteiger partial charge is 0.179 e. The first-order valence-corrected chi connectivity index (χ1v) is 6.52. The summed E-state index contributed by atoms with van der Waals surface area (Å²) in [5.41, 5.74) is 0.685. The van der Waals surface area contributed by atoms with Crippen molar-refractivity contribution in [3.05, 3.63) is 54.0 Å². The van der Waals surface area contributed by atoms with Crippen molar-refractivity contribution < 1.29 is 13.9 Å². The maximum atomic E-state index is 12.4. The second-order valence-corrected chi connectivity index (χ2v) is 4.76. The summed E-state index contributed by atoms with van der Waals surface area (Å²) in [6.45, 7) is 2.51. The Morgan fingerprint density at radius 3 is 2.55 bits per heavy atom. The first-order chi connectivity index (χ1) is 9.61. The van der Waals surface area contributed by atoms with Crippen molar-refractivity contribution >= 4 is 5.78 Å². The lowest BCUT2D eigenvalue weighted by molar-refractivity contribution is 0.0855. The minimum atomic E-state index is -0.214. The van der Waals surface area contributed by atoms with Crippen molar-refractivity contribution in [2.24, 2.45) is 0 Å². The van der Waals surface area contributed by atoms with E-state index in [2.05, 4.69) is 0 Å². The predicted molar refractivity (Wildman–Crippen MR) is 77.0 cm³/mol. The molecule has 0 spiro atoms. The van der Waals surface area contributed by atoms with Gasteiger partial charge in [-0.1, -0.05) is 0 Å². The third-order valence-electron chi connectivity index (χ3n) is 3.40. The van der Waals surface area contributed by atoms with Crippen LogP contribution in [-0.4, -0.2) is 30.9 Å². The molecular formula is C16H19NO3. The highest BCUT2D eigenvalue weighted by atomic mass is 16.5. The fourth-order valence-corrected chi connectivity index (χ4v) is 1.98. The summed E-state index contributed by atoms with van der Waals surface area (Å²) < 4.78 is 10.4. The standard InChI is InChI=1S/C16H19NO3/c1-12(17(2)11-15-5-4-10-20-15)16(18)13-6-8-14(19-3)9-7-13/h4-10,12H,11H2,1-3H3. The van der Waals surface area contributed by atoms with Gasteiger partial charge in [0.25, 0.3) is 0 Å². The zero-order chi connectivity index (χ0) is 14.5. The van der Waals surface area contributed by atoms with Crippen molar-refractivity contribution in [3.63, 3.8) is 0 Å². The van der Waals surface area contributed by atoms with E-state index in [9.17, 15) is 4.79 Å². The molecule has 2 rings (SSSR count). The minimum absolute atomic E-state index is 0.0849. The molecule has 0 aliphatic heterocycles. The molecule has 0 bridgehead atoms. The SMILES string of the molecule is COc1ccc(C(=O)C(C)N(C)Cc2ccco2)cc1. The topological polar surface area (TPSA) is 42.7 Å². The summed E-state index contributed by atoms with van der Waals surface area (Å²) in [5, 5.41) is 0. The lowest BCUT2D eigenvalue weighted by atomic mass is 10.0. The molecule has 1 unspecified atom stereocenters. The van der Waals surface area contributed by atoms with Crippen LogP contribution in [0.4, 0.5) is 0 Å². The van der Waals surface area contributed by atoms with E-state index in [0.717, 1.165) is 11.5 Å². The van der Waals surface area contributed by atoms with Crippen molar-refractivity contribution in [1.82, 2.24) is 4.90 Å². The van der Waals surface area contributed by atoms with E-state index >= 15 is 0 Å². The summed E-state index contributed by atoms with van der Waals surface area (Å²) in [7, 11) is 3.52. The van der Waals surface area contributed by atoms with Gasteiger partial charge in [0.15, 0.2) is 5.78 Å². The Labute approximate surface area is 119 Å². The molecule has 4 nitrogen and oxygen atoms in total. The average Bonchev–Trinajstić information content (AvgIpc) is 2.98. The van der Waals surface area contributed by atoms with Crippen LogP contribution in [0.15, 0.2) is 47.1 Å². The summed E-state index contributed by atoms with van der Waals surface area (Å²) in [4.78, 5) is 14.4. The Morgan fingerprint density at radius 1 is 1.30 bits per heavy atom. The number of ether oxygens (including phenoxy) is 1. The van der Waals surface area contributed by atoms with E-state index in [1.165, 1.54) is 0 Å². The fourth-order valence-electron chi connectivity index (χ4n) is 1.98. The van der Waals surface area contributed by atoms with Crippen LogP contribution < -0.4 is 4.74 Å². The summed E-state index contributed by atoms with van der Waals surface area (Å²) in [5.74, 6) is 1.68. The monoisotopic (exact) mass is 273 g/mol. The molecule has 2 aromatic rings. The summed E-state index contributed by atoms with van der Waals surface area (Å²) >= 11 is 0. The number of furan rings is 1. The summed E-state index contributed by atoms with van der Waals surface area (Å²) in [6.07, 6.45) is 1.64. The lowest BCUT2D eigenvalue weighted by Crippen LogP contribution is -2.35. The van der Waals surface area contributed by atoms with E-state index in [-0.39, 0.29) is 11.8 Å². The number of hydrogen-bond donors (Lipinski definition) is 0. The molecule has 106 valence electrons. The third-order valence-corrected chi connectivity index (χ3v) is 3.40. The Morgan fingerprint density at radius 2 is 2.00 bits per heavy atom. The second kappa shape index (κ2) is 6.39. The van der Waals surface area contributed by atoms with Crippen LogP contribution in [0.25, 0.3) is 0 Å². The van der Waals surface area contributed by atoms with E-state index in [1.54, 1.807) is 37.6 Å². The van der Waals surface area contributed by atoms with Crippen LogP contribution in [0.5, 0.6) is 5.75 Å². The fraction of sp³-hybridized carbons (Fsp3) is 0.312. The van der Waals surface area contributed by atoms with Crippen molar-refractivity contribution in [2.75, 3.05) is 14.2 Å². The molecule has 0 N–H and O–H groups in total. The highest BCUT2D eigenvalue weighted by Gasteiger charge is 2.20. The highest BCUT2D eigenvalue weighted by molar-refractivity contribution is 5.99. The van der Waals surface area contributed by atoms with Gasteiger partial charge in [0.2, 0.25) is 0 Å². The molecular weight excluding hydrogens is 254 g/mol. The molecule has 0 saturated heterocycles. The Bertz CT molecular complexity index is 546. The third kappa shape index (κ3) is 3.27. The molecule has 4 heteroatoms. The minimum Gasteiger partial charge on any atom is -0.497 e. The van der Waals surface area contributed by atoms with Crippen LogP contribution in [-0.2, 0) is 6.54 Å². The largest absolute Gasteiger partial charge is 0.497 e. The Balaban J connectivity index is 2.03. The quantitative estimate of drug-likeness (QED) is 0.759. The van der Waals surface area contributed by atoms with Gasteiger partial charge in [0.1, 0.15) is 11.5 Å². The van der Waals surface area contributed by atoms with E-state index < -0.39 is 0 Å². The van der Waals surface area contributed by atoms with Crippen LogP contribution in [0.3, 0.4) is 0 Å². The van der Waals surface area contributed by atoms with E-state index in [1.807, 2.05) is 31.0 Å². The van der Waals surface area contributed by atoms with Gasteiger partial charge in [-0.25, -0.2) is 0 Å². The van der Waals surface area contributed by atoms with Gasteiger partial charge >= 0.3 is 0 Å². The molecule has 0 radical (unpaired) electrons. The molecule has 0 aliphatic rings. The molecule has 1 aromatic heterocycles. The van der Waals surface area contributed by atoms with Gasteiger partial charge < -0.3 is 9.15 Å². The number of hydrogen-bond acceptors (Lipinski definition) is 4. The maximum absolute atomic E-state index is 12.4. The molecule has 0 amide bonds. The molecule has 1 aromatic carbocycles. The number of carbonyl (C=O) groups is 1. The first kappa shape index (κ1) is 14.3. The number of likely N-dealkylation sites (N-methyl/N-ethyl adjacent to an activating group) is 1. The first-order valence-electron chi connectivity index (χ1n) is 6.52. The highest BCUT2D eigenvalue weighted by Crippen LogP contribution is 2.15. The molecule has 20 heavy (non-hydrogen) atoms. The van der Waals surface area contributed by atoms with Gasteiger partial charge in [0, 0.05) is 5.56 Å². The maximum Gasteiger partial charge on any atom is 0.179 e. The number of carbonyl (C=O) groups excluding carboxylic acids is 1. The molecule has 0 fully saturated rings. The number of benzene rings is 1. The normalized spacial score (nSPS) is 12.4. The zero-order valence-corrected chi connectivity index (χ0v) is 12.0. The van der Waals surface area contributed by atoms with Crippen molar-refractivity contribution in [3.8, 4) is 5.75 Å². The van der Waals surface area contributed by atoms with Gasteiger partial charge in [0.05, 0.1) is 26.0 Å². The van der Waals surface area contributed by atoms with Crippen LogP contribution in [0, 0.1) is 0 Å². The number of ketones is 1. The number of Topliss-reactive ketones (excluding diaryl/α,β-unsaturated/α-hetero) is 1. The number of nitrogens with zero attached hydrogens (tertiary/aromatic N) is 1. The zero-order valence-electron chi connectivity index (χ0n) is 12.0.